The predicted octanol–water partition coefficient (Wildman–Crippen LogP) is 13.7. The first-order valence-corrected chi connectivity index (χ1v) is 21.1. The molecule has 0 saturated heterocycles. The van der Waals surface area contributed by atoms with Crippen LogP contribution in [-0.2, 0) is 17.3 Å². The van der Waals surface area contributed by atoms with Crippen molar-refractivity contribution >= 4 is 46.4 Å². The number of aliphatic hydroxyl groups excluding tert-OH is 2. The number of aryl methyl sites for hydroxylation is 1. The smallest absolute Gasteiger partial charge is 0.134 e. The lowest BCUT2D eigenvalue weighted by Gasteiger charge is -2.34. The van der Waals surface area contributed by atoms with E-state index >= 15 is 0 Å². The van der Waals surface area contributed by atoms with Gasteiger partial charge in [-0.15, -0.1) is 0 Å². The van der Waals surface area contributed by atoms with E-state index in [0.29, 0.717) is 27.1 Å². The molecule has 304 valence electrons. The molecule has 4 N–H and O–H groups in total. The topological polar surface area (TPSA) is 80.9 Å². The van der Waals surface area contributed by atoms with Crippen LogP contribution >= 0.6 is 46.4 Å². The molecule has 8 heteroatoms. The fraction of sp³-hybridized carbons (Fsp3) is 0.458. The summed E-state index contributed by atoms with van der Waals surface area (Å²) in [4.78, 5) is 0. The molecule has 2 atom stereocenters. The van der Waals surface area contributed by atoms with Crippen molar-refractivity contribution in [1.29, 1.82) is 0 Å². The van der Waals surface area contributed by atoms with Gasteiger partial charge in [0.2, 0.25) is 0 Å². The zero-order valence-corrected chi connectivity index (χ0v) is 37.6. The standard InChI is InChI=1S/C24H32Cl2O2.C24H28Cl2O2/c2*1-6-24(7-2,18-11-12-21(27)20(26)15-18)17-10-8-16(19(25)14-17)9-13-22(28)23(3,4)5/h8,10-12,14-15,22,27-28H,6-7,9,13H2,1-5H3;8,10-12,14-15,22,27-28H,6-7H2,1-5H3. The van der Waals surface area contributed by atoms with Crippen molar-refractivity contribution in [2.45, 2.75) is 131 Å². The summed E-state index contributed by atoms with van der Waals surface area (Å²) >= 11 is 25.5. The van der Waals surface area contributed by atoms with E-state index in [4.69, 9.17) is 46.4 Å². The van der Waals surface area contributed by atoms with Gasteiger partial charge in [-0.3, -0.25) is 0 Å². The van der Waals surface area contributed by atoms with Crippen molar-refractivity contribution in [2.75, 3.05) is 0 Å². The van der Waals surface area contributed by atoms with E-state index in [0.717, 1.165) is 64.9 Å². The summed E-state index contributed by atoms with van der Waals surface area (Å²) in [6, 6.07) is 23.0. The van der Waals surface area contributed by atoms with Crippen LogP contribution in [0, 0.1) is 22.7 Å². The van der Waals surface area contributed by atoms with Gasteiger partial charge in [0.1, 0.15) is 17.6 Å². The third-order valence-corrected chi connectivity index (χ3v) is 12.7. The van der Waals surface area contributed by atoms with Gasteiger partial charge in [-0.2, -0.15) is 0 Å². The van der Waals surface area contributed by atoms with Crippen LogP contribution in [0.25, 0.3) is 0 Å². The van der Waals surface area contributed by atoms with Crippen LogP contribution in [0.15, 0.2) is 72.8 Å². The van der Waals surface area contributed by atoms with E-state index < -0.39 is 6.10 Å². The highest BCUT2D eigenvalue weighted by Gasteiger charge is 2.33. The molecule has 4 rings (SSSR count). The van der Waals surface area contributed by atoms with E-state index in [9.17, 15) is 20.4 Å². The predicted molar refractivity (Wildman–Crippen MR) is 238 cm³/mol. The lowest BCUT2D eigenvalue weighted by atomic mass is 9.70. The molecular formula is C48H60Cl4O4. The molecule has 2 unspecified atom stereocenters. The van der Waals surface area contributed by atoms with Gasteiger partial charge in [-0.05, 0) is 120 Å². The summed E-state index contributed by atoms with van der Waals surface area (Å²) in [5.41, 5.74) is 5.15. The number of aromatic hydroxyl groups is 2. The molecule has 0 aromatic heterocycles. The molecule has 0 saturated carbocycles. The Hall–Kier alpha value is -2.88. The number of hydrogen-bond donors (Lipinski definition) is 4. The summed E-state index contributed by atoms with van der Waals surface area (Å²) in [6.07, 6.45) is 3.83. The van der Waals surface area contributed by atoms with E-state index in [1.807, 2.05) is 90.1 Å². The molecular weight excluding hydrogens is 782 g/mol. The van der Waals surface area contributed by atoms with Crippen molar-refractivity contribution in [3.8, 4) is 23.3 Å². The van der Waals surface area contributed by atoms with E-state index in [-0.39, 0.29) is 39.3 Å². The quantitative estimate of drug-likeness (QED) is 0.113. The minimum absolute atomic E-state index is 0.0765. The first-order chi connectivity index (χ1) is 26.1. The third-order valence-electron chi connectivity index (χ3n) is 11.4. The second kappa shape index (κ2) is 19.7. The van der Waals surface area contributed by atoms with Gasteiger partial charge in [0.25, 0.3) is 0 Å². The number of benzene rings is 4. The maximum absolute atomic E-state index is 10.3. The molecule has 56 heavy (non-hydrogen) atoms. The van der Waals surface area contributed by atoms with Gasteiger partial charge in [0.05, 0.1) is 21.2 Å². The number of rotatable bonds is 11. The first-order valence-electron chi connectivity index (χ1n) is 19.5. The van der Waals surface area contributed by atoms with Crippen molar-refractivity contribution in [2.24, 2.45) is 10.8 Å². The van der Waals surface area contributed by atoms with Crippen molar-refractivity contribution in [3.05, 3.63) is 126 Å². The van der Waals surface area contributed by atoms with Gasteiger partial charge in [-0.25, -0.2) is 0 Å². The van der Waals surface area contributed by atoms with E-state index in [1.165, 1.54) is 0 Å². The Morgan fingerprint density at radius 2 is 0.929 bits per heavy atom. The molecule has 4 nitrogen and oxygen atoms in total. The number of halogens is 4. The van der Waals surface area contributed by atoms with Gasteiger partial charge in [0, 0.05) is 21.4 Å². The lowest BCUT2D eigenvalue weighted by Crippen LogP contribution is -2.27. The highest BCUT2D eigenvalue weighted by molar-refractivity contribution is 6.33. The highest BCUT2D eigenvalue weighted by Crippen LogP contribution is 2.44. The van der Waals surface area contributed by atoms with Gasteiger partial charge in [0.15, 0.2) is 0 Å². The normalized spacial score (nSPS) is 13.3. The SMILES string of the molecule is CCC(CC)(c1ccc(O)c(Cl)c1)c1ccc(C#CC(O)C(C)(C)C)c(Cl)c1.CCC(CC)(c1ccc(O)c(Cl)c1)c1ccc(CCC(O)C(C)(C)C)c(Cl)c1. The Balaban J connectivity index is 0.000000300. The minimum Gasteiger partial charge on any atom is -0.506 e. The molecule has 0 spiro atoms. The fourth-order valence-electron chi connectivity index (χ4n) is 7.13. The molecule has 0 aliphatic carbocycles. The second-order valence-electron chi connectivity index (χ2n) is 16.9. The average Bonchev–Trinajstić information content (AvgIpc) is 3.14. The van der Waals surface area contributed by atoms with Crippen LogP contribution in [0.5, 0.6) is 11.5 Å². The molecule has 4 aromatic rings. The zero-order chi connectivity index (χ0) is 42.2. The average molecular weight is 843 g/mol. The molecule has 0 heterocycles. The Morgan fingerprint density at radius 1 is 0.536 bits per heavy atom. The van der Waals surface area contributed by atoms with Gasteiger partial charge >= 0.3 is 0 Å². The number of phenols is 2. The van der Waals surface area contributed by atoms with Crippen LogP contribution < -0.4 is 0 Å². The first kappa shape index (κ1) is 47.5. The summed E-state index contributed by atoms with van der Waals surface area (Å²) in [5.74, 6) is 6.06. The monoisotopic (exact) mass is 840 g/mol. The van der Waals surface area contributed by atoms with E-state index in [2.05, 4.69) is 51.7 Å². The molecule has 4 aromatic carbocycles. The number of phenolic OH excluding ortho intramolecular Hbond substituents is 2. The van der Waals surface area contributed by atoms with E-state index in [1.54, 1.807) is 12.1 Å². The summed E-state index contributed by atoms with van der Waals surface area (Å²) in [6.45, 7) is 20.5. The molecule has 0 radical (unpaired) electrons. The third kappa shape index (κ3) is 11.2. The summed E-state index contributed by atoms with van der Waals surface area (Å²) in [5, 5.41) is 42.0. The Bertz CT molecular complexity index is 1990. The Kier molecular flexibility index (Phi) is 16.7. The summed E-state index contributed by atoms with van der Waals surface area (Å²) < 4.78 is 0. The zero-order valence-electron chi connectivity index (χ0n) is 34.6. The molecule has 0 aliphatic heterocycles. The largest absolute Gasteiger partial charge is 0.506 e. The Morgan fingerprint density at radius 3 is 1.29 bits per heavy atom. The van der Waals surface area contributed by atoms with Crippen LogP contribution in [-0.4, -0.2) is 32.6 Å². The maximum atomic E-state index is 10.3. The fourth-order valence-corrected chi connectivity index (χ4v) is 7.99. The molecule has 0 fully saturated rings. The maximum Gasteiger partial charge on any atom is 0.134 e. The molecule has 0 aliphatic rings. The minimum atomic E-state index is -0.729. The van der Waals surface area contributed by atoms with Crippen molar-refractivity contribution in [1.82, 2.24) is 0 Å². The van der Waals surface area contributed by atoms with Gasteiger partial charge < -0.3 is 20.4 Å². The summed E-state index contributed by atoms with van der Waals surface area (Å²) in [7, 11) is 0. The van der Waals surface area contributed by atoms with Crippen LogP contribution in [0.1, 0.15) is 135 Å². The molecule has 0 amide bonds. The Labute approximate surface area is 356 Å². The lowest BCUT2D eigenvalue weighted by molar-refractivity contribution is 0.0560. The highest BCUT2D eigenvalue weighted by atomic mass is 35.5. The van der Waals surface area contributed by atoms with Crippen molar-refractivity contribution < 1.29 is 20.4 Å². The van der Waals surface area contributed by atoms with Crippen molar-refractivity contribution in [3.63, 3.8) is 0 Å². The number of hydrogen-bond acceptors (Lipinski definition) is 4. The second-order valence-corrected chi connectivity index (χ2v) is 18.5. The van der Waals surface area contributed by atoms with Crippen LogP contribution in [0.3, 0.4) is 0 Å². The van der Waals surface area contributed by atoms with Crippen LogP contribution in [0.4, 0.5) is 0 Å². The number of aliphatic hydroxyl groups is 2. The van der Waals surface area contributed by atoms with Gasteiger partial charge in [-0.1, -0.05) is 158 Å². The molecule has 0 bridgehead atoms. The van der Waals surface area contributed by atoms with Crippen LogP contribution in [0.2, 0.25) is 20.1 Å².